The van der Waals surface area contributed by atoms with Crippen molar-refractivity contribution in [3.8, 4) is 0 Å². The molecule has 0 aromatic carbocycles. The van der Waals surface area contributed by atoms with E-state index in [4.69, 9.17) is 0 Å². The molecule has 4 aliphatic rings. The number of hydrogen-bond acceptors (Lipinski definition) is 2. The molecule has 1 aliphatic heterocycles. The Morgan fingerprint density at radius 2 is 1.60 bits per heavy atom. The van der Waals surface area contributed by atoms with Gasteiger partial charge < -0.3 is 10.2 Å². The number of rotatable bonds is 4. The fraction of sp³-hybridized carbons (Fsp3) is 1.00. The maximum atomic E-state index is 3.76. The SMILES string of the molecule is C1CCC2(CC1)CCN(C1CCC1CNC1CC1)CC2. The van der Waals surface area contributed by atoms with Gasteiger partial charge in [0.15, 0.2) is 0 Å². The van der Waals surface area contributed by atoms with Crippen molar-refractivity contribution in [3.63, 3.8) is 0 Å². The molecule has 4 fully saturated rings. The van der Waals surface area contributed by atoms with Crippen LogP contribution in [0.5, 0.6) is 0 Å². The van der Waals surface area contributed by atoms with E-state index in [1.807, 2.05) is 0 Å². The lowest BCUT2D eigenvalue weighted by Crippen LogP contribution is -2.54. The van der Waals surface area contributed by atoms with Crippen LogP contribution in [0.25, 0.3) is 0 Å². The van der Waals surface area contributed by atoms with Crippen molar-refractivity contribution in [2.45, 2.75) is 82.7 Å². The molecule has 2 atom stereocenters. The molecule has 1 heterocycles. The van der Waals surface area contributed by atoms with Crippen molar-refractivity contribution in [3.05, 3.63) is 0 Å². The van der Waals surface area contributed by atoms with E-state index in [2.05, 4.69) is 10.2 Å². The van der Waals surface area contributed by atoms with Crippen molar-refractivity contribution in [2.24, 2.45) is 11.3 Å². The Morgan fingerprint density at radius 1 is 0.850 bits per heavy atom. The summed E-state index contributed by atoms with van der Waals surface area (Å²) in [4.78, 5) is 2.86. The summed E-state index contributed by atoms with van der Waals surface area (Å²) in [6.45, 7) is 4.12. The maximum absolute atomic E-state index is 3.76. The summed E-state index contributed by atoms with van der Waals surface area (Å²) in [5.41, 5.74) is 0.778. The predicted octanol–water partition coefficient (Wildman–Crippen LogP) is 3.56. The quantitative estimate of drug-likeness (QED) is 0.844. The second kappa shape index (κ2) is 5.61. The highest BCUT2D eigenvalue weighted by Gasteiger charge is 2.41. The minimum Gasteiger partial charge on any atom is -0.314 e. The number of piperidine rings is 1. The molecule has 2 unspecified atom stereocenters. The average molecular weight is 276 g/mol. The van der Waals surface area contributed by atoms with E-state index in [1.165, 1.54) is 90.3 Å². The number of hydrogen-bond donors (Lipinski definition) is 1. The summed E-state index contributed by atoms with van der Waals surface area (Å²) in [6.07, 6.45) is 16.4. The third-order valence-electron chi connectivity index (χ3n) is 6.87. The number of nitrogens with one attached hydrogen (secondary N) is 1. The lowest BCUT2D eigenvalue weighted by Gasteiger charge is -2.51. The Labute approximate surface area is 124 Å². The molecule has 2 heteroatoms. The molecule has 20 heavy (non-hydrogen) atoms. The molecule has 3 saturated carbocycles. The van der Waals surface area contributed by atoms with Crippen LogP contribution in [0.3, 0.4) is 0 Å². The van der Waals surface area contributed by atoms with Crippen LogP contribution in [-0.4, -0.2) is 36.6 Å². The number of likely N-dealkylation sites (tertiary alicyclic amines) is 1. The summed E-state index contributed by atoms with van der Waals surface area (Å²) >= 11 is 0. The van der Waals surface area contributed by atoms with E-state index < -0.39 is 0 Å². The van der Waals surface area contributed by atoms with Gasteiger partial charge in [-0.25, -0.2) is 0 Å². The standard InChI is InChI=1S/C18H32N2/c1-2-8-18(9-3-1)10-12-20(13-11-18)17-7-4-15(17)14-19-16-5-6-16/h15-17,19H,1-14H2. The van der Waals surface area contributed by atoms with Crippen LogP contribution in [0.1, 0.15) is 70.6 Å². The van der Waals surface area contributed by atoms with Gasteiger partial charge in [0, 0.05) is 12.1 Å². The molecule has 0 bridgehead atoms. The lowest BCUT2D eigenvalue weighted by atomic mass is 9.67. The molecule has 0 radical (unpaired) electrons. The zero-order valence-electron chi connectivity index (χ0n) is 13.1. The Bertz CT molecular complexity index is 320. The van der Waals surface area contributed by atoms with Gasteiger partial charge in [-0.05, 0) is 82.3 Å². The predicted molar refractivity (Wildman–Crippen MR) is 83.9 cm³/mol. The maximum Gasteiger partial charge on any atom is 0.0136 e. The van der Waals surface area contributed by atoms with Crippen LogP contribution >= 0.6 is 0 Å². The smallest absolute Gasteiger partial charge is 0.0136 e. The van der Waals surface area contributed by atoms with Crippen LogP contribution in [0.2, 0.25) is 0 Å². The molecule has 0 aromatic rings. The van der Waals surface area contributed by atoms with Crippen molar-refractivity contribution >= 4 is 0 Å². The average Bonchev–Trinajstić information content (AvgIpc) is 3.26. The fourth-order valence-electron chi connectivity index (χ4n) is 5.01. The van der Waals surface area contributed by atoms with Crippen LogP contribution in [0.15, 0.2) is 0 Å². The van der Waals surface area contributed by atoms with Gasteiger partial charge in [-0.15, -0.1) is 0 Å². The molecule has 4 rings (SSSR count). The van der Waals surface area contributed by atoms with E-state index in [0.717, 1.165) is 23.4 Å². The molecule has 3 aliphatic carbocycles. The normalized spacial score (nSPS) is 37.8. The molecule has 1 spiro atoms. The molecule has 2 nitrogen and oxygen atoms in total. The Hall–Kier alpha value is -0.0800. The second-order valence-corrected chi connectivity index (χ2v) is 8.18. The van der Waals surface area contributed by atoms with Crippen LogP contribution in [0.4, 0.5) is 0 Å². The van der Waals surface area contributed by atoms with Gasteiger partial charge in [-0.2, -0.15) is 0 Å². The van der Waals surface area contributed by atoms with Gasteiger partial charge in [-0.1, -0.05) is 19.3 Å². The Kier molecular flexibility index (Phi) is 3.80. The van der Waals surface area contributed by atoms with Crippen molar-refractivity contribution < 1.29 is 0 Å². The minimum absolute atomic E-state index is 0.778. The zero-order chi connectivity index (χ0) is 13.4. The van der Waals surface area contributed by atoms with Gasteiger partial charge in [-0.3, -0.25) is 0 Å². The van der Waals surface area contributed by atoms with Gasteiger partial charge in [0.2, 0.25) is 0 Å². The van der Waals surface area contributed by atoms with Crippen molar-refractivity contribution in [1.29, 1.82) is 0 Å². The highest BCUT2D eigenvalue weighted by Crippen LogP contribution is 2.46. The summed E-state index contributed by atoms with van der Waals surface area (Å²) in [5, 5.41) is 3.76. The largest absolute Gasteiger partial charge is 0.314 e. The monoisotopic (exact) mass is 276 g/mol. The van der Waals surface area contributed by atoms with E-state index in [1.54, 1.807) is 0 Å². The molecule has 1 N–H and O–H groups in total. The summed E-state index contributed by atoms with van der Waals surface area (Å²) < 4.78 is 0. The van der Waals surface area contributed by atoms with Crippen LogP contribution < -0.4 is 5.32 Å². The molecule has 0 aromatic heterocycles. The molecule has 0 amide bonds. The highest BCUT2D eigenvalue weighted by molar-refractivity contribution is 4.96. The van der Waals surface area contributed by atoms with Gasteiger partial charge in [0.1, 0.15) is 0 Å². The first-order chi connectivity index (χ1) is 9.85. The lowest BCUT2D eigenvalue weighted by molar-refractivity contribution is -0.00474. The van der Waals surface area contributed by atoms with Crippen molar-refractivity contribution in [1.82, 2.24) is 10.2 Å². The first-order valence-corrected chi connectivity index (χ1v) is 9.32. The molecule has 1 saturated heterocycles. The molecular formula is C18H32N2. The third-order valence-corrected chi connectivity index (χ3v) is 6.87. The van der Waals surface area contributed by atoms with E-state index in [-0.39, 0.29) is 0 Å². The van der Waals surface area contributed by atoms with Gasteiger partial charge in [0.25, 0.3) is 0 Å². The van der Waals surface area contributed by atoms with Gasteiger partial charge >= 0.3 is 0 Å². The summed E-state index contributed by atoms with van der Waals surface area (Å²) in [5.74, 6) is 0.969. The Morgan fingerprint density at radius 3 is 2.20 bits per heavy atom. The molecule has 114 valence electrons. The van der Waals surface area contributed by atoms with E-state index in [9.17, 15) is 0 Å². The van der Waals surface area contributed by atoms with Crippen LogP contribution in [-0.2, 0) is 0 Å². The summed E-state index contributed by atoms with van der Waals surface area (Å²) in [7, 11) is 0. The Balaban J connectivity index is 1.25. The van der Waals surface area contributed by atoms with Crippen LogP contribution in [0, 0.1) is 11.3 Å². The first kappa shape index (κ1) is 13.6. The van der Waals surface area contributed by atoms with E-state index in [0.29, 0.717) is 0 Å². The topological polar surface area (TPSA) is 15.3 Å². The van der Waals surface area contributed by atoms with Crippen molar-refractivity contribution in [2.75, 3.05) is 19.6 Å². The van der Waals surface area contributed by atoms with Gasteiger partial charge in [0.05, 0.1) is 0 Å². The molecular weight excluding hydrogens is 244 g/mol. The third kappa shape index (κ3) is 2.78. The summed E-state index contributed by atoms with van der Waals surface area (Å²) in [6, 6.07) is 1.82. The zero-order valence-corrected chi connectivity index (χ0v) is 13.1. The van der Waals surface area contributed by atoms with E-state index >= 15 is 0 Å². The first-order valence-electron chi connectivity index (χ1n) is 9.32. The fourth-order valence-corrected chi connectivity index (χ4v) is 5.01. The minimum atomic E-state index is 0.778. The second-order valence-electron chi connectivity index (χ2n) is 8.18. The highest BCUT2D eigenvalue weighted by atomic mass is 15.2. The number of nitrogens with zero attached hydrogens (tertiary/aromatic N) is 1.